The molecule has 0 aromatic carbocycles. The van der Waals surface area contributed by atoms with Crippen molar-refractivity contribution in [2.45, 2.75) is 69.2 Å². The maximum atomic E-state index is 12.6. The molecule has 22 heavy (non-hydrogen) atoms. The summed E-state index contributed by atoms with van der Waals surface area (Å²) in [5.74, 6) is 0.184. The topological polar surface area (TPSA) is 70.7 Å². The fourth-order valence-electron chi connectivity index (χ4n) is 4.80. The summed E-state index contributed by atoms with van der Waals surface area (Å²) in [6, 6.07) is 2.69. The molecule has 0 saturated heterocycles. The molecule has 1 atom stereocenters. The van der Waals surface area contributed by atoms with Crippen molar-refractivity contribution < 1.29 is 4.79 Å². The first-order valence-corrected chi connectivity index (χ1v) is 8.55. The van der Waals surface area contributed by atoms with E-state index in [0.717, 1.165) is 49.9 Å². The van der Waals surface area contributed by atoms with E-state index >= 15 is 0 Å². The number of carbonyl (C=O) groups is 1. The van der Waals surface area contributed by atoms with Crippen LogP contribution in [0.2, 0.25) is 0 Å². The van der Waals surface area contributed by atoms with Crippen LogP contribution in [0, 0.1) is 17.2 Å². The SMILES string of the molecule is N#C[C@H]1C(=O)Nc2c(cnn2C2CCCC2)C12CCCCC2. The molecule has 2 fully saturated rings. The average Bonchev–Trinajstić information content (AvgIpc) is 3.17. The van der Waals surface area contributed by atoms with Crippen LogP contribution in [-0.4, -0.2) is 15.7 Å². The molecule has 3 aliphatic rings. The van der Waals surface area contributed by atoms with Gasteiger partial charge in [-0.3, -0.25) is 4.79 Å². The Bertz CT molecular complexity index is 630. The summed E-state index contributed by atoms with van der Waals surface area (Å²) in [5.41, 5.74) is 0.812. The van der Waals surface area contributed by atoms with Gasteiger partial charge in [0.1, 0.15) is 11.7 Å². The quantitative estimate of drug-likeness (QED) is 0.864. The number of nitriles is 1. The largest absolute Gasteiger partial charge is 0.309 e. The van der Waals surface area contributed by atoms with Crippen LogP contribution < -0.4 is 5.32 Å². The van der Waals surface area contributed by atoms with Crippen molar-refractivity contribution in [2.24, 2.45) is 5.92 Å². The highest BCUT2D eigenvalue weighted by Crippen LogP contribution is 2.51. The van der Waals surface area contributed by atoms with Crippen LogP contribution >= 0.6 is 0 Å². The summed E-state index contributed by atoms with van der Waals surface area (Å²) in [7, 11) is 0. The van der Waals surface area contributed by atoms with Gasteiger partial charge in [-0.15, -0.1) is 0 Å². The van der Waals surface area contributed by atoms with Crippen molar-refractivity contribution >= 4 is 11.7 Å². The Hall–Kier alpha value is -1.83. The second-order valence-corrected chi connectivity index (χ2v) is 7.06. The van der Waals surface area contributed by atoms with Crippen LogP contribution in [0.3, 0.4) is 0 Å². The number of aromatic nitrogens is 2. The molecule has 5 heteroatoms. The van der Waals surface area contributed by atoms with Crippen LogP contribution in [0.15, 0.2) is 6.20 Å². The molecule has 1 aromatic rings. The van der Waals surface area contributed by atoms with Crippen LogP contribution in [0.5, 0.6) is 0 Å². The number of anilines is 1. The number of amides is 1. The summed E-state index contributed by atoms with van der Waals surface area (Å²) in [5, 5.41) is 17.2. The molecule has 2 heterocycles. The summed E-state index contributed by atoms with van der Waals surface area (Å²) in [6.45, 7) is 0. The second-order valence-electron chi connectivity index (χ2n) is 7.06. The third-order valence-electron chi connectivity index (χ3n) is 5.93. The van der Waals surface area contributed by atoms with Gasteiger partial charge in [-0.1, -0.05) is 32.1 Å². The van der Waals surface area contributed by atoms with Crippen molar-refractivity contribution in [1.29, 1.82) is 5.26 Å². The first kappa shape index (κ1) is 13.8. The molecule has 2 saturated carbocycles. The van der Waals surface area contributed by atoms with Crippen molar-refractivity contribution in [3.63, 3.8) is 0 Å². The summed E-state index contributed by atoms with van der Waals surface area (Å²) in [6.07, 6.45) is 11.9. The maximum Gasteiger partial charge on any atom is 0.243 e. The van der Waals surface area contributed by atoms with E-state index in [0.29, 0.717) is 6.04 Å². The average molecular weight is 298 g/mol. The first-order chi connectivity index (χ1) is 10.8. The zero-order valence-electron chi connectivity index (χ0n) is 12.8. The minimum absolute atomic E-state index is 0.128. The number of nitrogens with one attached hydrogen (secondary N) is 1. The molecule has 5 nitrogen and oxygen atoms in total. The zero-order valence-corrected chi connectivity index (χ0v) is 12.8. The van der Waals surface area contributed by atoms with Gasteiger partial charge in [-0.2, -0.15) is 10.4 Å². The molecule has 1 aliphatic heterocycles. The van der Waals surface area contributed by atoms with Gasteiger partial charge in [-0.25, -0.2) is 4.68 Å². The third-order valence-corrected chi connectivity index (χ3v) is 5.93. The summed E-state index contributed by atoms with van der Waals surface area (Å²) in [4.78, 5) is 12.6. The molecule has 1 amide bonds. The smallest absolute Gasteiger partial charge is 0.243 e. The number of hydrogen-bond donors (Lipinski definition) is 1. The molecule has 0 unspecified atom stereocenters. The molecule has 1 spiro atoms. The molecule has 116 valence electrons. The zero-order chi connectivity index (χ0) is 15.2. The van der Waals surface area contributed by atoms with Crippen LogP contribution in [0.25, 0.3) is 0 Å². The lowest BCUT2D eigenvalue weighted by Crippen LogP contribution is -2.47. The minimum Gasteiger partial charge on any atom is -0.309 e. The molecule has 2 aliphatic carbocycles. The van der Waals surface area contributed by atoms with Crippen molar-refractivity contribution in [2.75, 3.05) is 5.32 Å². The Morgan fingerprint density at radius 1 is 1.23 bits per heavy atom. The van der Waals surface area contributed by atoms with E-state index in [1.54, 1.807) is 0 Å². The lowest BCUT2D eigenvalue weighted by atomic mass is 9.61. The second kappa shape index (κ2) is 5.12. The highest BCUT2D eigenvalue weighted by atomic mass is 16.2. The number of fused-ring (bicyclic) bond motifs is 2. The molecular formula is C17H22N4O. The van der Waals surface area contributed by atoms with Crippen LogP contribution in [0.1, 0.15) is 69.4 Å². The highest BCUT2D eigenvalue weighted by Gasteiger charge is 2.51. The molecule has 0 bridgehead atoms. The van der Waals surface area contributed by atoms with E-state index in [1.807, 2.05) is 10.9 Å². The number of nitrogens with zero attached hydrogens (tertiary/aromatic N) is 3. The minimum atomic E-state index is -0.568. The molecule has 1 N–H and O–H groups in total. The monoisotopic (exact) mass is 298 g/mol. The van der Waals surface area contributed by atoms with Crippen LogP contribution in [0.4, 0.5) is 5.82 Å². The normalized spacial score (nSPS) is 27.4. The Morgan fingerprint density at radius 2 is 1.95 bits per heavy atom. The van der Waals surface area contributed by atoms with Gasteiger partial charge in [0.15, 0.2) is 0 Å². The fraction of sp³-hybridized carbons (Fsp3) is 0.706. The Balaban J connectivity index is 1.82. The molecule has 1 aromatic heterocycles. The van der Waals surface area contributed by atoms with Gasteiger partial charge in [0.25, 0.3) is 0 Å². The first-order valence-electron chi connectivity index (χ1n) is 8.55. The number of rotatable bonds is 1. The lowest BCUT2D eigenvalue weighted by Gasteiger charge is -2.43. The Labute approximate surface area is 130 Å². The van der Waals surface area contributed by atoms with E-state index in [9.17, 15) is 10.1 Å². The van der Waals surface area contributed by atoms with Crippen LogP contribution in [-0.2, 0) is 10.2 Å². The molecule has 4 rings (SSSR count). The van der Waals surface area contributed by atoms with Gasteiger partial charge in [0.2, 0.25) is 5.91 Å². The molecular weight excluding hydrogens is 276 g/mol. The van der Waals surface area contributed by atoms with Crippen molar-refractivity contribution in [3.05, 3.63) is 11.8 Å². The standard InChI is InChI=1S/C17H22N4O/c18-10-13-16(22)20-15-14(17(13)8-4-1-5-9-17)11-19-21(15)12-6-2-3-7-12/h11-13H,1-9H2,(H,20,22)/t13-/m0/s1. The van der Waals surface area contributed by atoms with E-state index in [1.165, 1.54) is 19.3 Å². The maximum absolute atomic E-state index is 12.6. The van der Waals surface area contributed by atoms with E-state index in [2.05, 4.69) is 16.5 Å². The number of hydrogen-bond acceptors (Lipinski definition) is 3. The van der Waals surface area contributed by atoms with Gasteiger partial charge >= 0.3 is 0 Å². The highest BCUT2D eigenvalue weighted by molar-refractivity contribution is 5.98. The fourth-order valence-corrected chi connectivity index (χ4v) is 4.80. The lowest BCUT2D eigenvalue weighted by molar-refractivity contribution is -0.121. The molecule has 0 radical (unpaired) electrons. The van der Waals surface area contributed by atoms with E-state index in [4.69, 9.17) is 0 Å². The van der Waals surface area contributed by atoms with E-state index in [-0.39, 0.29) is 11.3 Å². The van der Waals surface area contributed by atoms with Gasteiger partial charge < -0.3 is 5.32 Å². The Morgan fingerprint density at radius 3 is 2.64 bits per heavy atom. The predicted octanol–water partition coefficient (Wildman–Crippen LogP) is 3.29. The Kier molecular flexibility index (Phi) is 3.21. The third kappa shape index (κ3) is 1.83. The van der Waals surface area contributed by atoms with Crippen molar-refractivity contribution in [1.82, 2.24) is 9.78 Å². The summed E-state index contributed by atoms with van der Waals surface area (Å²) >= 11 is 0. The van der Waals surface area contributed by atoms with Crippen molar-refractivity contribution in [3.8, 4) is 6.07 Å². The summed E-state index contributed by atoms with van der Waals surface area (Å²) < 4.78 is 2.03. The van der Waals surface area contributed by atoms with Gasteiger partial charge in [0, 0.05) is 11.0 Å². The van der Waals surface area contributed by atoms with Gasteiger partial charge in [0.05, 0.1) is 18.3 Å². The van der Waals surface area contributed by atoms with E-state index < -0.39 is 5.92 Å². The number of carbonyl (C=O) groups excluding carboxylic acids is 1. The van der Waals surface area contributed by atoms with Gasteiger partial charge in [-0.05, 0) is 25.7 Å². The predicted molar refractivity (Wildman–Crippen MR) is 82.2 cm³/mol.